The number of furan rings is 1. The second-order valence-electron chi connectivity index (χ2n) is 7.02. The van der Waals surface area contributed by atoms with Gasteiger partial charge in [0.1, 0.15) is 17.1 Å². The molecule has 3 heterocycles. The summed E-state index contributed by atoms with van der Waals surface area (Å²) in [4.78, 5) is 37.3. The van der Waals surface area contributed by atoms with Crippen molar-refractivity contribution >= 4 is 23.4 Å². The Balaban J connectivity index is 1.66. The first-order valence-corrected chi connectivity index (χ1v) is 10.6. The highest BCUT2D eigenvalue weighted by Crippen LogP contribution is 2.26. The summed E-state index contributed by atoms with van der Waals surface area (Å²) in [6.45, 7) is 0.366. The lowest BCUT2D eigenvalue weighted by Crippen LogP contribution is -2.41. The normalized spacial score (nSPS) is 11.1. The van der Waals surface area contributed by atoms with Gasteiger partial charge in [-0.1, -0.05) is 42.1 Å². The zero-order valence-corrected chi connectivity index (χ0v) is 18.2. The summed E-state index contributed by atoms with van der Waals surface area (Å²) in [5, 5.41) is 9.02. The number of Topliss-reactive ketones (excluding diaryl/α,β-unsaturated/α-hetero) is 1. The van der Waals surface area contributed by atoms with E-state index in [4.69, 9.17) is 10.2 Å². The number of benzene rings is 1. The van der Waals surface area contributed by atoms with Gasteiger partial charge in [-0.05, 0) is 12.1 Å². The molecule has 11 heteroatoms. The molecule has 0 radical (unpaired) electrons. The molecule has 3 aromatic heterocycles. The average molecular weight is 452 g/mol. The average Bonchev–Trinajstić information content (AvgIpc) is 3.46. The fraction of sp³-hybridized carbons (Fsp3) is 0.190. The molecule has 0 fully saturated rings. The molecule has 0 aliphatic carbocycles. The lowest BCUT2D eigenvalue weighted by atomic mass is 10.2. The van der Waals surface area contributed by atoms with Gasteiger partial charge in [0.05, 0.1) is 18.6 Å². The Hall–Kier alpha value is -3.86. The molecule has 0 spiro atoms. The highest BCUT2D eigenvalue weighted by Gasteiger charge is 2.22. The zero-order valence-electron chi connectivity index (χ0n) is 17.4. The van der Waals surface area contributed by atoms with Gasteiger partial charge >= 0.3 is 5.69 Å². The SMILES string of the molecule is Cn1c(N)c(C(=O)CSc2nnc(-c3ccccc3)n2Cc2ccco2)c(=O)n(C)c1=O. The molecule has 1 aromatic carbocycles. The van der Waals surface area contributed by atoms with Crippen molar-refractivity contribution in [2.75, 3.05) is 11.5 Å². The molecule has 0 aliphatic heterocycles. The molecule has 2 N–H and O–H groups in total. The number of carbonyl (C=O) groups excluding carboxylic acids is 1. The second kappa shape index (κ2) is 8.71. The fourth-order valence-corrected chi connectivity index (χ4v) is 4.03. The maximum Gasteiger partial charge on any atom is 0.332 e. The number of nitrogen functional groups attached to an aromatic ring is 1. The van der Waals surface area contributed by atoms with Crippen LogP contribution in [0.5, 0.6) is 0 Å². The van der Waals surface area contributed by atoms with Crippen molar-refractivity contribution in [1.29, 1.82) is 0 Å². The third-order valence-electron chi connectivity index (χ3n) is 4.96. The van der Waals surface area contributed by atoms with Crippen molar-refractivity contribution in [1.82, 2.24) is 23.9 Å². The molecule has 0 atom stereocenters. The zero-order chi connectivity index (χ0) is 22.8. The van der Waals surface area contributed by atoms with Crippen LogP contribution in [-0.4, -0.2) is 35.4 Å². The van der Waals surface area contributed by atoms with E-state index in [1.165, 1.54) is 14.1 Å². The Labute approximate surface area is 186 Å². The van der Waals surface area contributed by atoms with E-state index < -0.39 is 17.0 Å². The summed E-state index contributed by atoms with van der Waals surface area (Å²) in [5.41, 5.74) is 5.22. The van der Waals surface area contributed by atoms with Gasteiger partial charge in [0.15, 0.2) is 16.8 Å². The second-order valence-corrected chi connectivity index (χ2v) is 7.96. The first-order chi connectivity index (χ1) is 15.4. The van der Waals surface area contributed by atoms with Crippen LogP contribution in [0.2, 0.25) is 0 Å². The number of anilines is 1. The standard InChI is InChI=1S/C21H20N6O4S/c1-25-17(22)16(19(29)26(2)21(25)30)15(28)12-32-20-24-23-18(13-7-4-3-5-8-13)27(20)11-14-9-6-10-31-14/h3-10H,11-12,22H2,1-2H3. The Bertz CT molecular complexity index is 1390. The summed E-state index contributed by atoms with van der Waals surface area (Å²) in [6, 6.07) is 13.2. The number of rotatable bonds is 7. The number of nitrogens with two attached hydrogens (primary N) is 1. The molecule has 0 unspecified atom stereocenters. The minimum atomic E-state index is -0.724. The highest BCUT2D eigenvalue weighted by molar-refractivity contribution is 7.99. The van der Waals surface area contributed by atoms with Crippen LogP contribution in [0.1, 0.15) is 16.1 Å². The topological polar surface area (TPSA) is 131 Å². The molecule has 4 aromatic rings. The summed E-state index contributed by atoms with van der Waals surface area (Å²) in [7, 11) is 2.72. The van der Waals surface area contributed by atoms with E-state index in [0.717, 1.165) is 26.5 Å². The molecule has 0 saturated heterocycles. The predicted octanol–water partition coefficient (Wildman–Crippen LogP) is 1.54. The summed E-state index contributed by atoms with van der Waals surface area (Å²) in [6.07, 6.45) is 1.58. The first-order valence-electron chi connectivity index (χ1n) is 9.61. The van der Waals surface area contributed by atoms with Crippen LogP contribution in [0, 0.1) is 0 Å². The Morgan fingerprint density at radius 1 is 1.06 bits per heavy atom. The molecule has 164 valence electrons. The maximum atomic E-state index is 12.9. The van der Waals surface area contributed by atoms with E-state index in [1.807, 2.05) is 41.0 Å². The van der Waals surface area contributed by atoms with Crippen molar-refractivity contribution in [2.45, 2.75) is 11.7 Å². The van der Waals surface area contributed by atoms with E-state index in [2.05, 4.69) is 10.2 Å². The molecule has 32 heavy (non-hydrogen) atoms. The third kappa shape index (κ3) is 3.89. The number of nitrogens with zero attached hydrogens (tertiary/aromatic N) is 5. The number of aromatic nitrogens is 5. The molecule has 0 saturated carbocycles. The van der Waals surface area contributed by atoms with Crippen LogP contribution in [0.25, 0.3) is 11.4 Å². The first kappa shape index (κ1) is 21.4. The van der Waals surface area contributed by atoms with Crippen LogP contribution in [-0.2, 0) is 20.6 Å². The Morgan fingerprint density at radius 3 is 2.50 bits per heavy atom. The number of hydrogen-bond donors (Lipinski definition) is 1. The van der Waals surface area contributed by atoms with Gasteiger partial charge in [-0.15, -0.1) is 10.2 Å². The minimum absolute atomic E-state index is 0.108. The molecule has 0 amide bonds. The maximum absolute atomic E-state index is 12.9. The van der Waals surface area contributed by atoms with Crippen molar-refractivity contribution < 1.29 is 9.21 Å². The number of hydrogen-bond acceptors (Lipinski definition) is 8. The summed E-state index contributed by atoms with van der Waals surface area (Å²) < 4.78 is 9.25. The third-order valence-corrected chi connectivity index (χ3v) is 5.93. The lowest BCUT2D eigenvalue weighted by molar-refractivity contribution is 0.102. The van der Waals surface area contributed by atoms with E-state index >= 15 is 0 Å². The molecular formula is C21H20N6O4S. The van der Waals surface area contributed by atoms with E-state index in [-0.39, 0.29) is 17.1 Å². The van der Waals surface area contributed by atoms with Crippen LogP contribution in [0.3, 0.4) is 0 Å². The molecule has 10 nitrogen and oxygen atoms in total. The molecular weight excluding hydrogens is 432 g/mol. The van der Waals surface area contributed by atoms with Gasteiger partial charge in [0.25, 0.3) is 5.56 Å². The number of ketones is 1. The summed E-state index contributed by atoms with van der Waals surface area (Å²) in [5.74, 6) is 0.548. The lowest BCUT2D eigenvalue weighted by Gasteiger charge is -2.11. The van der Waals surface area contributed by atoms with Crippen LogP contribution in [0.15, 0.2) is 67.9 Å². The van der Waals surface area contributed by atoms with Gasteiger partial charge in [-0.2, -0.15) is 0 Å². The summed E-state index contributed by atoms with van der Waals surface area (Å²) >= 11 is 1.13. The number of thioether (sulfide) groups is 1. The van der Waals surface area contributed by atoms with Gasteiger partial charge < -0.3 is 10.2 Å². The van der Waals surface area contributed by atoms with Gasteiger partial charge in [-0.25, -0.2) is 4.79 Å². The smallest absolute Gasteiger partial charge is 0.332 e. The van der Waals surface area contributed by atoms with Gasteiger partial charge in [0, 0.05) is 19.7 Å². The Morgan fingerprint density at radius 2 is 1.81 bits per heavy atom. The van der Waals surface area contributed by atoms with Crippen molar-refractivity contribution in [3.63, 3.8) is 0 Å². The van der Waals surface area contributed by atoms with E-state index in [9.17, 15) is 14.4 Å². The minimum Gasteiger partial charge on any atom is -0.467 e. The monoisotopic (exact) mass is 452 g/mol. The van der Waals surface area contributed by atoms with Gasteiger partial charge in [-0.3, -0.25) is 23.3 Å². The largest absolute Gasteiger partial charge is 0.467 e. The number of carbonyl (C=O) groups is 1. The molecule has 4 rings (SSSR count). The van der Waals surface area contributed by atoms with Crippen LogP contribution in [0.4, 0.5) is 5.82 Å². The van der Waals surface area contributed by atoms with Crippen LogP contribution < -0.4 is 17.0 Å². The van der Waals surface area contributed by atoms with Crippen molar-refractivity contribution in [2.24, 2.45) is 14.1 Å². The predicted molar refractivity (Wildman–Crippen MR) is 120 cm³/mol. The van der Waals surface area contributed by atoms with Gasteiger partial charge in [0.2, 0.25) is 0 Å². The van der Waals surface area contributed by atoms with Crippen molar-refractivity contribution in [3.8, 4) is 11.4 Å². The molecule has 0 bridgehead atoms. The van der Waals surface area contributed by atoms with Crippen molar-refractivity contribution in [3.05, 3.63) is 80.9 Å². The Kier molecular flexibility index (Phi) is 5.82. The highest BCUT2D eigenvalue weighted by atomic mass is 32.2. The van der Waals surface area contributed by atoms with E-state index in [0.29, 0.717) is 23.3 Å². The van der Waals surface area contributed by atoms with Crippen LogP contribution >= 0.6 is 11.8 Å². The molecule has 0 aliphatic rings. The quantitative estimate of drug-likeness (QED) is 0.330. The van der Waals surface area contributed by atoms with E-state index in [1.54, 1.807) is 12.3 Å². The fourth-order valence-electron chi connectivity index (χ4n) is 3.22.